The lowest BCUT2D eigenvalue weighted by Crippen LogP contribution is -2.43. The number of furan rings is 1. The molecule has 1 aliphatic rings. The van der Waals surface area contributed by atoms with Crippen molar-refractivity contribution in [2.45, 2.75) is 25.3 Å². The lowest BCUT2D eigenvalue weighted by molar-refractivity contribution is -0.154. The van der Waals surface area contributed by atoms with Crippen LogP contribution in [0.4, 0.5) is 0 Å². The highest BCUT2D eigenvalue weighted by Gasteiger charge is 2.43. The number of hydrogen-bond donors (Lipinski definition) is 0. The number of carbonyl (C=O) groups is 2. The third kappa shape index (κ3) is 4.81. The van der Waals surface area contributed by atoms with Crippen LogP contribution in [0, 0.1) is 0 Å². The van der Waals surface area contributed by atoms with Gasteiger partial charge in [-0.3, -0.25) is 4.79 Å². The second-order valence-electron chi connectivity index (χ2n) is 6.06. The lowest BCUT2D eigenvalue weighted by atomic mass is 10.2. The molecule has 0 bridgehead atoms. The molecular weight excluding hydrogens is 382 g/mol. The molecule has 1 aliphatic heterocycles. The first-order chi connectivity index (χ1) is 13.6. The number of rotatable bonds is 8. The van der Waals surface area contributed by atoms with Crippen molar-refractivity contribution in [3.63, 3.8) is 0 Å². The van der Waals surface area contributed by atoms with E-state index in [0.29, 0.717) is 23.9 Å². The Morgan fingerprint density at radius 2 is 1.86 bits per heavy atom. The Labute approximate surface area is 167 Å². The van der Waals surface area contributed by atoms with Crippen LogP contribution in [0.25, 0.3) is 0 Å². The van der Waals surface area contributed by atoms with Gasteiger partial charge in [0.25, 0.3) is 0 Å². The normalized spacial score (nSPS) is 18.7. The number of thioether (sulfide) groups is 1. The monoisotopic (exact) mass is 405 g/mol. The molecule has 7 nitrogen and oxygen atoms in total. The molecule has 0 N–H and O–H groups in total. The van der Waals surface area contributed by atoms with Crippen LogP contribution in [-0.4, -0.2) is 48.4 Å². The largest absolute Gasteiger partial charge is 0.494 e. The molecule has 8 heteroatoms. The van der Waals surface area contributed by atoms with Crippen LogP contribution < -0.4 is 9.47 Å². The predicted octanol–water partition coefficient (Wildman–Crippen LogP) is 3.26. The molecule has 150 valence electrons. The molecule has 2 atom stereocenters. The highest BCUT2D eigenvalue weighted by molar-refractivity contribution is 7.99. The number of amides is 1. The lowest BCUT2D eigenvalue weighted by Gasteiger charge is -2.25. The van der Waals surface area contributed by atoms with Gasteiger partial charge in [-0.2, -0.15) is 0 Å². The second-order valence-corrected chi connectivity index (χ2v) is 7.18. The SMILES string of the molecule is CCOc1ccc(OCCOC(=O)[C@H]2CS[C@@H](c3ccco3)N2C(C)=O)cc1. The number of benzene rings is 1. The van der Waals surface area contributed by atoms with E-state index in [0.717, 1.165) is 5.75 Å². The molecule has 1 amide bonds. The van der Waals surface area contributed by atoms with E-state index in [4.69, 9.17) is 18.6 Å². The highest BCUT2D eigenvalue weighted by Crippen LogP contribution is 2.41. The molecular formula is C20H23NO6S. The zero-order chi connectivity index (χ0) is 19.9. The topological polar surface area (TPSA) is 78.2 Å². The standard InChI is InChI=1S/C20H23NO6S/c1-3-24-15-6-8-16(9-7-15)25-11-12-27-20(23)17-13-28-19(21(17)14(2)22)18-5-4-10-26-18/h4-10,17,19H,3,11-13H2,1-2H3/t17-,19+/m1/s1. The van der Waals surface area contributed by atoms with Crippen molar-refractivity contribution in [1.29, 1.82) is 0 Å². The van der Waals surface area contributed by atoms with E-state index in [1.807, 2.05) is 19.1 Å². The van der Waals surface area contributed by atoms with Gasteiger partial charge in [-0.1, -0.05) is 0 Å². The van der Waals surface area contributed by atoms with Gasteiger partial charge in [0.1, 0.15) is 41.9 Å². The average Bonchev–Trinajstić information content (AvgIpc) is 3.35. The Morgan fingerprint density at radius 1 is 1.14 bits per heavy atom. The Kier molecular flexibility index (Phi) is 6.86. The van der Waals surface area contributed by atoms with Crippen molar-refractivity contribution in [2.24, 2.45) is 0 Å². The summed E-state index contributed by atoms with van der Waals surface area (Å²) in [6.45, 7) is 4.29. The minimum atomic E-state index is -0.636. The Balaban J connectivity index is 1.48. The van der Waals surface area contributed by atoms with E-state index in [1.165, 1.54) is 23.6 Å². The zero-order valence-electron chi connectivity index (χ0n) is 15.8. The molecule has 0 radical (unpaired) electrons. The maximum Gasteiger partial charge on any atom is 0.329 e. The Bertz CT molecular complexity index is 777. The van der Waals surface area contributed by atoms with Crippen LogP contribution in [0.2, 0.25) is 0 Å². The first kappa shape index (κ1) is 20.1. The summed E-state index contributed by atoms with van der Waals surface area (Å²) >= 11 is 1.48. The van der Waals surface area contributed by atoms with Crippen LogP contribution in [0.3, 0.4) is 0 Å². The van der Waals surface area contributed by atoms with E-state index in [1.54, 1.807) is 30.5 Å². The van der Waals surface area contributed by atoms with Gasteiger partial charge in [0.05, 0.1) is 12.9 Å². The minimum Gasteiger partial charge on any atom is -0.494 e. The smallest absolute Gasteiger partial charge is 0.329 e. The summed E-state index contributed by atoms with van der Waals surface area (Å²) in [6, 6.07) is 10.2. The van der Waals surface area contributed by atoms with Gasteiger partial charge in [0.2, 0.25) is 5.91 Å². The molecule has 1 aromatic heterocycles. The van der Waals surface area contributed by atoms with Gasteiger partial charge in [0, 0.05) is 12.7 Å². The number of nitrogens with zero attached hydrogens (tertiary/aromatic N) is 1. The summed E-state index contributed by atoms with van der Waals surface area (Å²) in [5, 5.41) is -0.315. The van der Waals surface area contributed by atoms with Gasteiger partial charge in [-0.25, -0.2) is 4.79 Å². The molecule has 3 rings (SSSR count). The highest BCUT2D eigenvalue weighted by atomic mass is 32.2. The summed E-state index contributed by atoms with van der Waals surface area (Å²) in [4.78, 5) is 26.1. The molecule has 2 aromatic rings. The van der Waals surface area contributed by atoms with Crippen molar-refractivity contribution in [2.75, 3.05) is 25.6 Å². The van der Waals surface area contributed by atoms with Crippen LogP contribution in [0.15, 0.2) is 47.1 Å². The van der Waals surface area contributed by atoms with Gasteiger partial charge in [0.15, 0.2) is 0 Å². The summed E-state index contributed by atoms with van der Waals surface area (Å²) in [5.41, 5.74) is 0. The van der Waals surface area contributed by atoms with Crippen molar-refractivity contribution < 1.29 is 28.2 Å². The quantitative estimate of drug-likeness (QED) is 0.493. The molecule has 2 heterocycles. The van der Waals surface area contributed by atoms with Gasteiger partial charge in [-0.05, 0) is 43.3 Å². The third-order valence-electron chi connectivity index (χ3n) is 4.15. The number of ether oxygens (including phenoxy) is 3. The van der Waals surface area contributed by atoms with Crippen molar-refractivity contribution in [3.05, 3.63) is 48.4 Å². The third-order valence-corrected chi connectivity index (χ3v) is 5.44. The fourth-order valence-electron chi connectivity index (χ4n) is 2.92. The summed E-state index contributed by atoms with van der Waals surface area (Å²) in [7, 11) is 0. The summed E-state index contributed by atoms with van der Waals surface area (Å²) in [6.07, 6.45) is 1.55. The van der Waals surface area contributed by atoms with Crippen molar-refractivity contribution >= 4 is 23.6 Å². The van der Waals surface area contributed by atoms with E-state index in [-0.39, 0.29) is 24.5 Å². The van der Waals surface area contributed by atoms with Crippen LogP contribution >= 0.6 is 11.8 Å². The van der Waals surface area contributed by atoms with Gasteiger partial charge < -0.3 is 23.5 Å². The van der Waals surface area contributed by atoms with Gasteiger partial charge in [-0.15, -0.1) is 11.8 Å². The first-order valence-corrected chi connectivity index (χ1v) is 10.1. The molecule has 0 saturated carbocycles. The van der Waals surface area contributed by atoms with Gasteiger partial charge >= 0.3 is 5.97 Å². The molecule has 1 fully saturated rings. The van der Waals surface area contributed by atoms with E-state index in [9.17, 15) is 9.59 Å². The molecule has 0 aliphatic carbocycles. The second kappa shape index (κ2) is 9.54. The summed E-state index contributed by atoms with van der Waals surface area (Å²) in [5.74, 6) is 1.92. The maximum atomic E-state index is 12.5. The number of hydrogen-bond acceptors (Lipinski definition) is 7. The Hall–Kier alpha value is -2.61. The Morgan fingerprint density at radius 3 is 2.46 bits per heavy atom. The average molecular weight is 405 g/mol. The van der Waals surface area contributed by atoms with Crippen LogP contribution in [-0.2, 0) is 14.3 Å². The zero-order valence-corrected chi connectivity index (χ0v) is 16.6. The molecule has 0 unspecified atom stereocenters. The fourth-order valence-corrected chi connectivity index (χ4v) is 4.34. The molecule has 0 spiro atoms. The van der Waals surface area contributed by atoms with Crippen LogP contribution in [0.1, 0.15) is 25.0 Å². The molecule has 28 heavy (non-hydrogen) atoms. The van der Waals surface area contributed by atoms with E-state index < -0.39 is 12.0 Å². The number of carbonyl (C=O) groups excluding carboxylic acids is 2. The molecule has 1 aromatic carbocycles. The summed E-state index contributed by atoms with van der Waals surface area (Å²) < 4.78 is 21.7. The number of esters is 1. The predicted molar refractivity (Wildman–Crippen MR) is 104 cm³/mol. The van der Waals surface area contributed by atoms with E-state index >= 15 is 0 Å². The van der Waals surface area contributed by atoms with E-state index in [2.05, 4.69) is 0 Å². The van der Waals surface area contributed by atoms with Crippen molar-refractivity contribution in [3.8, 4) is 11.5 Å². The fraction of sp³-hybridized carbons (Fsp3) is 0.400. The van der Waals surface area contributed by atoms with Crippen molar-refractivity contribution in [1.82, 2.24) is 4.90 Å². The maximum absolute atomic E-state index is 12.5. The minimum absolute atomic E-state index is 0.102. The first-order valence-electron chi connectivity index (χ1n) is 9.06. The molecule has 1 saturated heterocycles. The van der Waals surface area contributed by atoms with Crippen LogP contribution in [0.5, 0.6) is 11.5 Å².